The van der Waals surface area contributed by atoms with Crippen molar-refractivity contribution < 1.29 is 5.11 Å². The van der Waals surface area contributed by atoms with Crippen LogP contribution in [0.5, 0.6) is 0 Å². The summed E-state index contributed by atoms with van der Waals surface area (Å²) >= 11 is 5.78. The van der Waals surface area contributed by atoms with E-state index in [1.807, 2.05) is 0 Å². The Morgan fingerprint density at radius 1 is 1.35 bits per heavy atom. The number of nitrogens with zero attached hydrogens (tertiary/aromatic N) is 3. The summed E-state index contributed by atoms with van der Waals surface area (Å²) in [5.74, 6) is 0.569. The highest BCUT2D eigenvalue weighted by molar-refractivity contribution is 6.30. The molecule has 1 heterocycles. The maximum Gasteiger partial charge on any atom is 0.350 e. The van der Waals surface area contributed by atoms with E-state index in [-0.39, 0.29) is 18.8 Å². The Labute approximate surface area is 103 Å². The third-order valence-corrected chi connectivity index (χ3v) is 2.69. The van der Waals surface area contributed by atoms with Crippen molar-refractivity contribution in [3.8, 4) is 5.69 Å². The fraction of sp³-hybridized carbons (Fsp3) is 0.273. The van der Waals surface area contributed by atoms with Gasteiger partial charge in [0.2, 0.25) is 0 Å². The predicted molar refractivity (Wildman–Crippen MR) is 64.7 cm³/mol. The van der Waals surface area contributed by atoms with Crippen molar-refractivity contribution in [1.82, 2.24) is 14.3 Å². The smallest absolute Gasteiger partial charge is 0.350 e. The monoisotopic (exact) mass is 253 g/mol. The van der Waals surface area contributed by atoms with Gasteiger partial charge in [0.15, 0.2) is 0 Å². The molecule has 0 aliphatic rings. The van der Waals surface area contributed by atoms with Crippen LogP contribution >= 0.6 is 11.6 Å². The second kappa shape index (κ2) is 4.73. The standard InChI is InChI=1S/C11H12ClN3O2/c1-8-13-15(11(17)14(8)6-7-16)10-4-2-9(12)3-5-10/h2-5,16H,6-7H2,1H3. The molecule has 0 atom stereocenters. The Morgan fingerprint density at radius 2 is 2.00 bits per heavy atom. The van der Waals surface area contributed by atoms with Crippen LogP contribution in [0.4, 0.5) is 0 Å². The molecule has 0 saturated heterocycles. The largest absolute Gasteiger partial charge is 0.395 e. The summed E-state index contributed by atoms with van der Waals surface area (Å²) in [6.45, 7) is 1.88. The third kappa shape index (κ3) is 2.25. The average Bonchev–Trinajstić information content (AvgIpc) is 2.59. The van der Waals surface area contributed by atoms with Gasteiger partial charge in [-0.1, -0.05) is 11.6 Å². The van der Waals surface area contributed by atoms with Gasteiger partial charge in [0.05, 0.1) is 18.8 Å². The molecule has 6 heteroatoms. The van der Waals surface area contributed by atoms with Crippen molar-refractivity contribution in [2.45, 2.75) is 13.5 Å². The quantitative estimate of drug-likeness (QED) is 0.887. The first-order chi connectivity index (χ1) is 8.13. The SMILES string of the molecule is Cc1nn(-c2ccc(Cl)cc2)c(=O)n1CCO. The zero-order valence-electron chi connectivity index (χ0n) is 9.30. The molecule has 0 saturated carbocycles. The first-order valence-corrected chi connectivity index (χ1v) is 5.54. The maximum atomic E-state index is 12.0. The lowest BCUT2D eigenvalue weighted by molar-refractivity contribution is 0.273. The van der Waals surface area contributed by atoms with E-state index >= 15 is 0 Å². The van der Waals surface area contributed by atoms with E-state index in [1.54, 1.807) is 31.2 Å². The van der Waals surface area contributed by atoms with Gasteiger partial charge in [0.1, 0.15) is 5.82 Å². The molecule has 90 valence electrons. The Bertz CT molecular complexity index is 571. The number of hydrogen-bond acceptors (Lipinski definition) is 3. The van der Waals surface area contributed by atoms with E-state index in [9.17, 15) is 4.79 Å². The van der Waals surface area contributed by atoms with E-state index in [0.29, 0.717) is 16.5 Å². The molecule has 0 bridgehead atoms. The van der Waals surface area contributed by atoms with Crippen LogP contribution in [0.25, 0.3) is 5.69 Å². The van der Waals surface area contributed by atoms with Crippen molar-refractivity contribution >= 4 is 11.6 Å². The minimum Gasteiger partial charge on any atom is -0.395 e. The molecular formula is C11H12ClN3O2. The number of benzene rings is 1. The van der Waals surface area contributed by atoms with Gasteiger partial charge in [0, 0.05) is 5.02 Å². The molecule has 1 aromatic heterocycles. The van der Waals surface area contributed by atoms with Gasteiger partial charge in [-0.25, -0.2) is 4.79 Å². The summed E-state index contributed by atoms with van der Waals surface area (Å²) in [7, 11) is 0. The molecule has 1 aromatic carbocycles. The van der Waals surface area contributed by atoms with Crippen LogP contribution in [-0.2, 0) is 6.54 Å². The third-order valence-electron chi connectivity index (χ3n) is 2.44. The van der Waals surface area contributed by atoms with E-state index < -0.39 is 0 Å². The average molecular weight is 254 g/mol. The number of halogens is 1. The predicted octanol–water partition coefficient (Wildman–Crippen LogP) is 0.988. The number of aliphatic hydroxyl groups is 1. The van der Waals surface area contributed by atoms with Crippen molar-refractivity contribution in [2.75, 3.05) is 6.61 Å². The van der Waals surface area contributed by atoms with Crippen molar-refractivity contribution in [3.63, 3.8) is 0 Å². The van der Waals surface area contributed by atoms with Crippen LogP contribution in [0.2, 0.25) is 5.02 Å². The Kier molecular flexibility index (Phi) is 3.31. The minimum absolute atomic E-state index is 0.0902. The van der Waals surface area contributed by atoms with Crippen LogP contribution in [0, 0.1) is 6.92 Å². The molecular weight excluding hydrogens is 242 g/mol. The lowest BCUT2D eigenvalue weighted by Crippen LogP contribution is -2.25. The normalized spacial score (nSPS) is 10.8. The first-order valence-electron chi connectivity index (χ1n) is 5.16. The summed E-state index contributed by atoms with van der Waals surface area (Å²) in [5, 5.41) is 13.6. The number of aromatic nitrogens is 3. The van der Waals surface area contributed by atoms with Gasteiger partial charge in [-0.05, 0) is 31.2 Å². The van der Waals surface area contributed by atoms with Gasteiger partial charge in [-0.15, -0.1) is 0 Å². The molecule has 0 unspecified atom stereocenters. The number of rotatable bonds is 3. The van der Waals surface area contributed by atoms with Crippen LogP contribution in [0.1, 0.15) is 5.82 Å². The first kappa shape index (κ1) is 11.9. The van der Waals surface area contributed by atoms with Crippen LogP contribution in [-0.4, -0.2) is 26.1 Å². The topological polar surface area (TPSA) is 60.0 Å². The zero-order chi connectivity index (χ0) is 12.4. The Hall–Kier alpha value is -1.59. The summed E-state index contributed by atoms with van der Waals surface area (Å²) < 4.78 is 2.72. The van der Waals surface area contributed by atoms with E-state index in [0.717, 1.165) is 0 Å². The summed E-state index contributed by atoms with van der Waals surface area (Å²) in [4.78, 5) is 12.0. The van der Waals surface area contributed by atoms with Crippen LogP contribution in [0.3, 0.4) is 0 Å². The molecule has 0 aliphatic heterocycles. The molecule has 2 aromatic rings. The van der Waals surface area contributed by atoms with Gasteiger partial charge < -0.3 is 5.11 Å². The van der Waals surface area contributed by atoms with Gasteiger partial charge >= 0.3 is 5.69 Å². The molecule has 0 fully saturated rings. The molecule has 0 spiro atoms. The molecule has 5 nitrogen and oxygen atoms in total. The van der Waals surface area contributed by atoms with Crippen LogP contribution in [0.15, 0.2) is 29.1 Å². The summed E-state index contributed by atoms with van der Waals surface area (Å²) in [6, 6.07) is 6.84. The van der Waals surface area contributed by atoms with Crippen LogP contribution < -0.4 is 5.69 Å². The van der Waals surface area contributed by atoms with Gasteiger partial charge in [-0.3, -0.25) is 4.57 Å². The second-order valence-corrected chi connectivity index (χ2v) is 4.03. The maximum absolute atomic E-state index is 12.0. The minimum atomic E-state index is -0.265. The van der Waals surface area contributed by atoms with Gasteiger partial charge in [-0.2, -0.15) is 9.78 Å². The van der Waals surface area contributed by atoms with Crippen molar-refractivity contribution in [2.24, 2.45) is 0 Å². The van der Waals surface area contributed by atoms with Gasteiger partial charge in [0.25, 0.3) is 0 Å². The van der Waals surface area contributed by atoms with E-state index in [1.165, 1.54) is 9.25 Å². The Balaban J connectivity index is 2.50. The number of aliphatic hydroxyl groups excluding tert-OH is 1. The number of aryl methyl sites for hydroxylation is 1. The zero-order valence-corrected chi connectivity index (χ0v) is 10.1. The molecule has 0 radical (unpaired) electrons. The number of hydrogen-bond donors (Lipinski definition) is 1. The molecule has 0 amide bonds. The molecule has 2 rings (SSSR count). The highest BCUT2D eigenvalue weighted by Gasteiger charge is 2.10. The summed E-state index contributed by atoms with van der Waals surface area (Å²) in [6.07, 6.45) is 0. The van der Waals surface area contributed by atoms with Crippen molar-refractivity contribution in [1.29, 1.82) is 0 Å². The highest BCUT2D eigenvalue weighted by atomic mass is 35.5. The van der Waals surface area contributed by atoms with Crippen molar-refractivity contribution in [3.05, 3.63) is 45.6 Å². The fourth-order valence-corrected chi connectivity index (χ4v) is 1.73. The lowest BCUT2D eigenvalue weighted by atomic mass is 10.3. The molecule has 1 N–H and O–H groups in total. The molecule has 0 aliphatic carbocycles. The lowest BCUT2D eigenvalue weighted by Gasteiger charge is -1.99. The molecule has 17 heavy (non-hydrogen) atoms. The Morgan fingerprint density at radius 3 is 2.59 bits per heavy atom. The van der Waals surface area contributed by atoms with E-state index in [2.05, 4.69) is 5.10 Å². The second-order valence-electron chi connectivity index (χ2n) is 3.59. The fourth-order valence-electron chi connectivity index (χ4n) is 1.60. The summed E-state index contributed by atoms with van der Waals surface area (Å²) in [5.41, 5.74) is 0.387. The van der Waals surface area contributed by atoms with E-state index in [4.69, 9.17) is 16.7 Å². The highest BCUT2D eigenvalue weighted by Crippen LogP contribution is 2.11.